The van der Waals surface area contributed by atoms with Crippen molar-refractivity contribution in [2.45, 2.75) is 45.2 Å². The molecule has 0 aliphatic carbocycles. The van der Waals surface area contributed by atoms with E-state index in [4.69, 9.17) is 0 Å². The number of nitrogens with one attached hydrogen (secondary N) is 1. The molecule has 1 aliphatic rings. The van der Waals surface area contributed by atoms with E-state index in [-0.39, 0.29) is 23.6 Å². The van der Waals surface area contributed by atoms with Crippen molar-refractivity contribution in [1.82, 2.24) is 20.2 Å². The Morgan fingerprint density at radius 2 is 2.00 bits per heavy atom. The van der Waals surface area contributed by atoms with Crippen LogP contribution in [0.25, 0.3) is 11.0 Å². The Morgan fingerprint density at radius 1 is 1.25 bits per heavy atom. The number of benzene rings is 1. The lowest BCUT2D eigenvalue weighted by molar-refractivity contribution is -0.136. The van der Waals surface area contributed by atoms with Crippen molar-refractivity contribution in [3.05, 3.63) is 36.2 Å². The van der Waals surface area contributed by atoms with Gasteiger partial charge in [-0.25, -0.2) is 4.98 Å². The second-order valence-electron chi connectivity index (χ2n) is 6.32. The zero-order valence-corrected chi connectivity index (χ0v) is 14.0. The fourth-order valence-corrected chi connectivity index (χ4v) is 3.07. The van der Waals surface area contributed by atoms with Gasteiger partial charge in [0.1, 0.15) is 11.7 Å². The first kappa shape index (κ1) is 16.4. The van der Waals surface area contributed by atoms with Crippen molar-refractivity contribution < 1.29 is 9.59 Å². The molecular weight excluding hydrogens is 304 g/mol. The second-order valence-corrected chi connectivity index (χ2v) is 6.32. The molecule has 0 spiro atoms. The lowest BCUT2D eigenvalue weighted by Gasteiger charge is -2.35. The third-order valence-corrected chi connectivity index (χ3v) is 4.49. The van der Waals surface area contributed by atoms with Crippen LogP contribution >= 0.6 is 0 Å². The van der Waals surface area contributed by atoms with E-state index >= 15 is 0 Å². The van der Waals surface area contributed by atoms with E-state index in [9.17, 15) is 9.59 Å². The van der Waals surface area contributed by atoms with Crippen LogP contribution in [0.2, 0.25) is 0 Å². The minimum atomic E-state index is -0.577. The van der Waals surface area contributed by atoms with Gasteiger partial charge in [0.15, 0.2) is 0 Å². The minimum Gasteiger partial charge on any atom is -0.339 e. The Hall–Kier alpha value is -2.50. The topological polar surface area (TPSA) is 75.2 Å². The molecule has 1 fully saturated rings. The molecule has 0 unspecified atom stereocenters. The highest BCUT2D eigenvalue weighted by molar-refractivity contribution is 5.97. The summed E-state index contributed by atoms with van der Waals surface area (Å²) in [7, 11) is 0. The molecule has 0 radical (unpaired) electrons. The number of para-hydroxylation sites is 2. The van der Waals surface area contributed by atoms with Gasteiger partial charge in [0.2, 0.25) is 5.91 Å². The molecular formula is C18H22N4O2. The number of hydrogen-bond acceptors (Lipinski definition) is 4. The third-order valence-electron chi connectivity index (χ3n) is 4.49. The van der Waals surface area contributed by atoms with Gasteiger partial charge in [0.25, 0.3) is 5.91 Å². The number of carbonyl (C=O) groups is 2. The summed E-state index contributed by atoms with van der Waals surface area (Å²) < 4.78 is 0. The van der Waals surface area contributed by atoms with E-state index < -0.39 is 6.04 Å². The van der Waals surface area contributed by atoms with Crippen LogP contribution in [0.1, 0.15) is 43.6 Å². The fraction of sp³-hybridized carbons (Fsp3) is 0.444. The molecule has 6 nitrogen and oxygen atoms in total. The molecule has 1 aliphatic heterocycles. The molecule has 1 aromatic heterocycles. The smallest absolute Gasteiger partial charge is 0.272 e. The maximum Gasteiger partial charge on any atom is 0.272 e. The summed E-state index contributed by atoms with van der Waals surface area (Å²) in [6, 6.07) is 7.02. The third kappa shape index (κ3) is 3.37. The van der Waals surface area contributed by atoms with E-state index in [1.165, 1.54) is 6.20 Å². The van der Waals surface area contributed by atoms with Crippen LogP contribution in [0.15, 0.2) is 30.5 Å². The predicted molar refractivity (Wildman–Crippen MR) is 91.5 cm³/mol. The maximum atomic E-state index is 12.6. The van der Waals surface area contributed by atoms with Gasteiger partial charge in [-0.2, -0.15) is 0 Å². The lowest BCUT2D eigenvalue weighted by Crippen LogP contribution is -2.51. The molecule has 1 aromatic carbocycles. The highest BCUT2D eigenvalue weighted by atomic mass is 16.2. The lowest BCUT2D eigenvalue weighted by atomic mass is 10.0. The molecule has 6 heteroatoms. The maximum absolute atomic E-state index is 12.6. The number of hydrogen-bond donors (Lipinski definition) is 1. The van der Waals surface area contributed by atoms with Crippen LogP contribution in [0.3, 0.4) is 0 Å². The standard InChI is InChI=1S/C18H22N4O2/c1-12-7-5-6-10-22(12)18(24)13(2)20-17(23)16-11-19-14-8-3-4-9-15(14)21-16/h3-4,8-9,11-13H,5-7,10H2,1-2H3,(H,20,23)/t12-,13+/m1/s1. The van der Waals surface area contributed by atoms with Gasteiger partial charge in [-0.1, -0.05) is 12.1 Å². The second kappa shape index (κ2) is 6.95. The van der Waals surface area contributed by atoms with E-state index in [2.05, 4.69) is 22.2 Å². The Morgan fingerprint density at radius 3 is 2.75 bits per heavy atom. The number of likely N-dealkylation sites (tertiary alicyclic amines) is 1. The molecule has 3 rings (SSSR count). The Balaban J connectivity index is 1.69. The normalized spacial score (nSPS) is 19.1. The van der Waals surface area contributed by atoms with Gasteiger partial charge in [-0.15, -0.1) is 0 Å². The predicted octanol–water partition coefficient (Wildman–Crippen LogP) is 2.15. The van der Waals surface area contributed by atoms with Crippen molar-refractivity contribution in [1.29, 1.82) is 0 Å². The summed E-state index contributed by atoms with van der Waals surface area (Å²) >= 11 is 0. The number of piperidine rings is 1. The molecule has 1 saturated heterocycles. The summed E-state index contributed by atoms with van der Waals surface area (Å²) in [5.74, 6) is -0.414. The van der Waals surface area contributed by atoms with Crippen molar-refractivity contribution in [2.75, 3.05) is 6.54 Å². The zero-order chi connectivity index (χ0) is 17.1. The molecule has 0 saturated carbocycles. The van der Waals surface area contributed by atoms with Gasteiger partial charge in [-0.05, 0) is 45.2 Å². The van der Waals surface area contributed by atoms with Gasteiger partial charge >= 0.3 is 0 Å². The number of rotatable bonds is 3. The highest BCUT2D eigenvalue weighted by Crippen LogP contribution is 2.17. The van der Waals surface area contributed by atoms with Gasteiger partial charge in [-0.3, -0.25) is 14.6 Å². The van der Waals surface area contributed by atoms with Crippen molar-refractivity contribution in [2.24, 2.45) is 0 Å². The Kier molecular flexibility index (Phi) is 4.74. The largest absolute Gasteiger partial charge is 0.339 e. The average molecular weight is 326 g/mol. The molecule has 2 amide bonds. The molecule has 24 heavy (non-hydrogen) atoms. The van der Waals surface area contributed by atoms with Gasteiger partial charge in [0.05, 0.1) is 17.2 Å². The first-order valence-corrected chi connectivity index (χ1v) is 8.39. The molecule has 2 heterocycles. The first-order chi connectivity index (χ1) is 11.6. The molecule has 2 aromatic rings. The number of nitrogens with zero attached hydrogens (tertiary/aromatic N) is 3. The van der Waals surface area contributed by atoms with Crippen LogP contribution in [-0.4, -0.2) is 45.3 Å². The molecule has 126 valence electrons. The van der Waals surface area contributed by atoms with Gasteiger partial charge < -0.3 is 10.2 Å². The molecule has 0 bridgehead atoms. The van der Waals surface area contributed by atoms with Gasteiger partial charge in [0, 0.05) is 12.6 Å². The summed E-state index contributed by atoms with van der Waals surface area (Å²) in [5.41, 5.74) is 1.62. The van der Waals surface area contributed by atoms with Crippen LogP contribution in [0.4, 0.5) is 0 Å². The van der Waals surface area contributed by atoms with E-state index in [1.807, 2.05) is 29.2 Å². The molecule has 1 N–H and O–H groups in total. The first-order valence-electron chi connectivity index (χ1n) is 8.39. The average Bonchev–Trinajstić information content (AvgIpc) is 2.61. The molecule has 2 atom stereocenters. The van der Waals surface area contributed by atoms with Crippen molar-refractivity contribution in [3.63, 3.8) is 0 Å². The summed E-state index contributed by atoms with van der Waals surface area (Å²) in [5, 5.41) is 2.75. The summed E-state index contributed by atoms with van der Waals surface area (Å²) in [6.07, 6.45) is 4.63. The number of fused-ring (bicyclic) bond motifs is 1. The summed E-state index contributed by atoms with van der Waals surface area (Å²) in [6.45, 7) is 4.53. The number of aromatic nitrogens is 2. The van der Waals surface area contributed by atoms with E-state index in [0.29, 0.717) is 5.52 Å². The monoisotopic (exact) mass is 326 g/mol. The van der Waals surface area contributed by atoms with Crippen LogP contribution in [0, 0.1) is 0 Å². The minimum absolute atomic E-state index is 0.0377. The quantitative estimate of drug-likeness (QED) is 0.938. The summed E-state index contributed by atoms with van der Waals surface area (Å²) in [4.78, 5) is 35.4. The highest BCUT2D eigenvalue weighted by Gasteiger charge is 2.28. The number of amides is 2. The van der Waals surface area contributed by atoms with Crippen LogP contribution in [0.5, 0.6) is 0 Å². The Labute approximate surface area is 141 Å². The van der Waals surface area contributed by atoms with Crippen molar-refractivity contribution >= 4 is 22.8 Å². The van der Waals surface area contributed by atoms with Crippen molar-refractivity contribution in [3.8, 4) is 0 Å². The van der Waals surface area contributed by atoms with Crippen LogP contribution in [-0.2, 0) is 4.79 Å². The Bertz CT molecular complexity index is 762. The fourth-order valence-electron chi connectivity index (χ4n) is 3.07. The zero-order valence-electron chi connectivity index (χ0n) is 14.0. The van der Waals surface area contributed by atoms with Crippen LogP contribution < -0.4 is 5.32 Å². The van der Waals surface area contributed by atoms with E-state index in [1.54, 1.807) is 6.92 Å². The SMILES string of the molecule is C[C@H](NC(=O)c1cnc2ccccc2n1)C(=O)N1CCCC[C@H]1C. The number of carbonyl (C=O) groups excluding carboxylic acids is 2. The van der Waals surface area contributed by atoms with E-state index in [0.717, 1.165) is 31.3 Å².